The molecule has 9 aromatic rings. The average Bonchev–Trinajstić information content (AvgIpc) is 3.73. The van der Waals surface area contributed by atoms with Gasteiger partial charge >= 0.3 is 0 Å². The molecular weight excluding hydrogens is 617 g/mol. The van der Waals surface area contributed by atoms with E-state index in [2.05, 4.69) is 163 Å². The van der Waals surface area contributed by atoms with E-state index >= 15 is 0 Å². The number of fused-ring (bicyclic) bond motifs is 8. The lowest BCUT2D eigenvalue weighted by molar-refractivity contribution is 0.604. The summed E-state index contributed by atoms with van der Waals surface area (Å²) < 4.78 is 2.78. The Labute approximate surface area is 290 Å². The number of hydrogen-bond acceptors (Lipinski definition) is 2. The molecule has 2 heterocycles. The summed E-state index contributed by atoms with van der Waals surface area (Å²) in [6.07, 6.45) is 0. The predicted octanol–water partition coefficient (Wildman–Crippen LogP) is 14.7. The zero-order chi connectivity index (χ0) is 32.9. The Kier molecular flexibility index (Phi) is 6.48. The van der Waals surface area contributed by atoms with Crippen LogP contribution in [0.4, 0.5) is 0 Å². The maximum absolute atomic E-state index is 2.52. The van der Waals surface area contributed by atoms with Gasteiger partial charge in [-0.2, -0.15) is 0 Å². The number of thiophene rings is 2. The van der Waals surface area contributed by atoms with Crippen molar-refractivity contribution in [2.75, 3.05) is 0 Å². The van der Waals surface area contributed by atoms with Gasteiger partial charge in [0.05, 0.1) is 0 Å². The minimum absolute atomic E-state index is 0.0339. The second-order valence-corrected chi connectivity index (χ2v) is 17.4. The van der Waals surface area contributed by atoms with Gasteiger partial charge in [0.1, 0.15) is 0 Å². The Bertz CT molecular complexity index is 2490. The Hall–Kier alpha value is -4.50. The van der Waals surface area contributed by atoms with Crippen LogP contribution in [0.1, 0.15) is 51.3 Å². The molecule has 0 amide bonds. The lowest BCUT2D eigenvalue weighted by atomic mass is 9.87. The van der Waals surface area contributed by atoms with Gasteiger partial charge in [-0.1, -0.05) is 151 Å². The largest absolute Gasteiger partial charge is 0.139 e. The molecule has 0 bridgehead atoms. The Morgan fingerprint density at radius 3 is 1.17 bits per heavy atom. The van der Waals surface area contributed by atoms with Gasteiger partial charge in [0.25, 0.3) is 0 Å². The standard InChI is InChI=1S/C46H38S2/c1-45(2,3)39-25-37-41(35-19-11-17-31-29-15-9-7-13-27(29)21-23-33(31)35)44-38(26-40(48-44)46(4,5)6)42(43(37)47-39)36-20-12-18-32-30-16-10-8-14-28(30)22-24-34(32)36/h7-26H,1-6H3. The van der Waals surface area contributed by atoms with Gasteiger partial charge in [0, 0.05) is 41.1 Å². The van der Waals surface area contributed by atoms with Crippen molar-refractivity contribution in [3.8, 4) is 22.3 Å². The van der Waals surface area contributed by atoms with Crippen LogP contribution in [-0.2, 0) is 10.8 Å². The molecule has 0 saturated carbocycles. The average molecular weight is 655 g/mol. The highest BCUT2D eigenvalue weighted by Crippen LogP contribution is 2.54. The fraction of sp³-hybridized carbons (Fsp3) is 0.174. The van der Waals surface area contributed by atoms with Crippen LogP contribution in [0.25, 0.3) is 85.5 Å². The minimum Gasteiger partial charge on any atom is -0.139 e. The maximum atomic E-state index is 2.52. The lowest BCUT2D eigenvalue weighted by Gasteiger charge is -2.16. The van der Waals surface area contributed by atoms with Crippen molar-refractivity contribution in [1.82, 2.24) is 0 Å². The van der Waals surface area contributed by atoms with E-state index in [-0.39, 0.29) is 10.8 Å². The van der Waals surface area contributed by atoms with Gasteiger partial charge in [0.15, 0.2) is 0 Å². The molecule has 0 atom stereocenters. The first-order valence-corrected chi connectivity index (χ1v) is 18.6. The maximum Gasteiger partial charge on any atom is 0.0437 e. The summed E-state index contributed by atoms with van der Waals surface area (Å²) in [6.45, 7) is 14.1. The van der Waals surface area contributed by atoms with Gasteiger partial charge in [-0.25, -0.2) is 0 Å². The summed E-state index contributed by atoms with van der Waals surface area (Å²) in [4.78, 5) is 2.84. The summed E-state index contributed by atoms with van der Waals surface area (Å²) in [5.74, 6) is 0. The van der Waals surface area contributed by atoms with E-state index in [0.29, 0.717) is 0 Å². The SMILES string of the molecule is CC(C)(C)c1cc2c(-c3cccc4c3ccc3ccccc34)c3sc(C(C)(C)C)cc3c(-c3cccc4c3ccc3ccccc34)c2s1. The molecule has 2 aromatic heterocycles. The minimum atomic E-state index is 0.0339. The summed E-state index contributed by atoms with van der Waals surface area (Å²) in [5.41, 5.74) is 5.47. The van der Waals surface area contributed by atoms with Crippen LogP contribution in [0, 0.1) is 0 Å². The van der Waals surface area contributed by atoms with Crippen molar-refractivity contribution >= 4 is 85.9 Å². The fourth-order valence-electron chi connectivity index (χ4n) is 7.56. The molecule has 0 aliphatic heterocycles. The summed E-state index contributed by atoms with van der Waals surface area (Å²) in [5, 5.41) is 13.2. The second-order valence-electron chi connectivity index (χ2n) is 15.3. The molecule has 0 nitrogen and oxygen atoms in total. The summed E-state index contributed by atoms with van der Waals surface area (Å²) in [6, 6.07) is 45.8. The molecule has 9 rings (SSSR count). The first kappa shape index (κ1) is 29.6. The summed E-state index contributed by atoms with van der Waals surface area (Å²) in [7, 11) is 0. The zero-order valence-electron chi connectivity index (χ0n) is 28.4. The van der Waals surface area contributed by atoms with E-state index in [1.54, 1.807) is 0 Å². The van der Waals surface area contributed by atoms with E-state index in [4.69, 9.17) is 0 Å². The Morgan fingerprint density at radius 1 is 0.354 bits per heavy atom. The molecule has 0 fully saturated rings. The molecular formula is C46H38S2. The third-order valence-electron chi connectivity index (χ3n) is 10.0. The highest BCUT2D eigenvalue weighted by Gasteiger charge is 2.28. The fourth-order valence-corrected chi connectivity index (χ4v) is 10.2. The molecule has 0 unspecified atom stereocenters. The van der Waals surface area contributed by atoms with Crippen LogP contribution < -0.4 is 0 Å². The molecule has 0 aliphatic carbocycles. The van der Waals surface area contributed by atoms with Gasteiger partial charge in [-0.15, -0.1) is 22.7 Å². The molecule has 0 saturated heterocycles. The quantitative estimate of drug-likeness (QED) is 0.163. The van der Waals surface area contributed by atoms with Crippen LogP contribution in [0.5, 0.6) is 0 Å². The topological polar surface area (TPSA) is 0 Å². The van der Waals surface area contributed by atoms with E-state index in [1.165, 1.54) is 95.3 Å². The van der Waals surface area contributed by atoms with E-state index in [9.17, 15) is 0 Å². The molecule has 0 N–H and O–H groups in total. The number of benzene rings is 7. The number of rotatable bonds is 2. The van der Waals surface area contributed by atoms with Gasteiger partial charge in [-0.05, 0) is 77.2 Å². The normalized spacial score (nSPS) is 12.8. The van der Waals surface area contributed by atoms with Crippen molar-refractivity contribution in [1.29, 1.82) is 0 Å². The highest BCUT2D eigenvalue weighted by atomic mass is 32.1. The van der Waals surface area contributed by atoms with Crippen LogP contribution in [0.15, 0.2) is 121 Å². The number of hydrogen-bond donors (Lipinski definition) is 0. The van der Waals surface area contributed by atoms with Crippen molar-refractivity contribution in [2.45, 2.75) is 52.4 Å². The second kappa shape index (κ2) is 10.5. The molecule has 7 aromatic carbocycles. The zero-order valence-corrected chi connectivity index (χ0v) is 30.0. The molecule has 0 spiro atoms. The van der Waals surface area contributed by atoms with Crippen LogP contribution >= 0.6 is 22.7 Å². The molecule has 48 heavy (non-hydrogen) atoms. The summed E-state index contributed by atoms with van der Waals surface area (Å²) >= 11 is 3.98. The molecule has 234 valence electrons. The third kappa shape index (κ3) is 4.46. The van der Waals surface area contributed by atoms with E-state index in [1.807, 2.05) is 22.7 Å². The van der Waals surface area contributed by atoms with Crippen LogP contribution in [-0.4, -0.2) is 0 Å². The predicted molar refractivity (Wildman–Crippen MR) is 216 cm³/mol. The smallest absolute Gasteiger partial charge is 0.0437 e. The first-order chi connectivity index (χ1) is 23.1. The lowest BCUT2D eigenvalue weighted by Crippen LogP contribution is -2.07. The van der Waals surface area contributed by atoms with E-state index in [0.717, 1.165) is 0 Å². The van der Waals surface area contributed by atoms with Gasteiger partial charge in [-0.3, -0.25) is 0 Å². The monoisotopic (exact) mass is 654 g/mol. The third-order valence-corrected chi connectivity index (χ3v) is 13.2. The van der Waals surface area contributed by atoms with Crippen molar-refractivity contribution in [3.05, 3.63) is 131 Å². The molecule has 0 aliphatic rings. The highest BCUT2D eigenvalue weighted by molar-refractivity contribution is 7.22. The Balaban J connectivity index is 1.48. The van der Waals surface area contributed by atoms with Gasteiger partial charge < -0.3 is 0 Å². The first-order valence-electron chi connectivity index (χ1n) is 16.9. The van der Waals surface area contributed by atoms with E-state index < -0.39 is 0 Å². The van der Waals surface area contributed by atoms with Crippen molar-refractivity contribution in [2.24, 2.45) is 0 Å². The van der Waals surface area contributed by atoms with Crippen LogP contribution in [0.3, 0.4) is 0 Å². The van der Waals surface area contributed by atoms with Crippen molar-refractivity contribution < 1.29 is 0 Å². The molecule has 2 heteroatoms. The molecule has 0 radical (unpaired) electrons. The Morgan fingerprint density at radius 2 is 0.750 bits per heavy atom. The van der Waals surface area contributed by atoms with Crippen molar-refractivity contribution in [3.63, 3.8) is 0 Å². The van der Waals surface area contributed by atoms with Gasteiger partial charge in [0.2, 0.25) is 0 Å². The van der Waals surface area contributed by atoms with Crippen LogP contribution in [0.2, 0.25) is 0 Å².